The van der Waals surface area contributed by atoms with Gasteiger partial charge in [0.05, 0.1) is 12.5 Å². The van der Waals surface area contributed by atoms with Gasteiger partial charge in [-0.3, -0.25) is 4.79 Å². The van der Waals surface area contributed by atoms with Crippen LogP contribution in [-0.2, 0) is 9.53 Å². The summed E-state index contributed by atoms with van der Waals surface area (Å²) in [4.78, 5) is 10.0. The highest BCUT2D eigenvalue weighted by Crippen LogP contribution is 1.92. The van der Waals surface area contributed by atoms with Crippen molar-refractivity contribution < 1.29 is 14.6 Å². The normalized spacial score (nSPS) is 13.2. The highest BCUT2D eigenvalue weighted by Gasteiger charge is 2.08. The Bertz CT molecular complexity index is 79.7. The van der Waals surface area contributed by atoms with Gasteiger partial charge in [-0.2, -0.15) is 0 Å². The van der Waals surface area contributed by atoms with Crippen LogP contribution in [0.5, 0.6) is 0 Å². The van der Waals surface area contributed by atoms with Crippen LogP contribution in [0.1, 0.15) is 6.92 Å². The molecule has 0 saturated heterocycles. The molecule has 0 spiro atoms. The van der Waals surface area contributed by atoms with Crippen LogP contribution in [-0.4, -0.2) is 24.8 Å². The first-order valence-electron chi connectivity index (χ1n) is 2.40. The molecule has 3 nitrogen and oxygen atoms in total. The summed E-state index contributed by atoms with van der Waals surface area (Å²) in [6, 6.07) is 0. The Labute approximate surface area is 48.3 Å². The summed E-state index contributed by atoms with van der Waals surface area (Å²) < 4.78 is 4.58. The second-order valence-corrected chi connectivity index (χ2v) is 1.69. The maximum atomic E-state index is 10.0. The van der Waals surface area contributed by atoms with E-state index in [1.165, 1.54) is 7.11 Å². The summed E-state index contributed by atoms with van der Waals surface area (Å²) >= 11 is 0. The van der Waals surface area contributed by atoms with Crippen LogP contribution in [0, 0.1) is 5.92 Å². The fourth-order valence-corrected chi connectivity index (χ4v) is 0.321. The van der Waals surface area contributed by atoms with E-state index in [1.807, 2.05) is 0 Å². The molecule has 8 heavy (non-hydrogen) atoms. The quantitative estimate of drug-likeness (QED) is 0.581. The molecule has 0 radical (unpaired) electrons. The molecule has 48 valence electrons. The third-order valence-electron chi connectivity index (χ3n) is 0.838. The molecule has 0 aromatic carbocycles. The van der Waals surface area contributed by atoms with Gasteiger partial charge in [-0.25, -0.2) is 0 Å². The predicted octanol–water partition coefficient (Wildman–Crippen LogP) is 0.354. The molecule has 0 heterocycles. The number of carboxylic acid groups (broad SMARTS) is 1. The summed E-state index contributed by atoms with van der Waals surface area (Å²) in [6.07, 6.45) is 0. The number of methoxy groups -OCH3 is 1. The molecule has 0 fully saturated rings. The van der Waals surface area contributed by atoms with Crippen LogP contribution in [0.25, 0.3) is 0 Å². The standard InChI is InChI=1S/C5H10O3/c1-4(3-8-2)5(6)7/h4H,3H2,1-2H3,(H,6,7)/t4-/m0/s1. The van der Waals surface area contributed by atoms with E-state index < -0.39 is 5.97 Å². The van der Waals surface area contributed by atoms with Gasteiger partial charge in [0, 0.05) is 7.11 Å². The summed E-state index contributed by atoms with van der Waals surface area (Å²) in [5, 5.41) is 8.23. The second-order valence-electron chi connectivity index (χ2n) is 1.69. The van der Waals surface area contributed by atoms with Gasteiger partial charge in [0.15, 0.2) is 0 Å². The van der Waals surface area contributed by atoms with E-state index in [9.17, 15) is 4.79 Å². The summed E-state index contributed by atoms with van der Waals surface area (Å²) in [5.41, 5.74) is 0. The molecular weight excluding hydrogens is 108 g/mol. The van der Waals surface area contributed by atoms with Gasteiger partial charge in [0.2, 0.25) is 0 Å². The Morgan fingerprint density at radius 3 is 2.50 bits per heavy atom. The highest BCUT2D eigenvalue weighted by atomic mass is 16.5. The van der Waals surface area contributed by atoms with Gasteiger partial charge in [0.25, 0.3) is 0 Å². The van der Waals surface area contributed by atoms with E-state index in [-0.39, 0.29) is 12.5 Å². The Morgan fingerprint density at radius 2 is 2.38 bits per heavy atom. The molecule has 0 aliphatic carbocycles. The number of rotatable bonds is 3. The van der Waals surface area contributed by atoms with E-state index >= 15 is 0 Å². The predicted molar refractivity (Wildman–Crippen MR) is 28.7 cm³/mol. The first-order valence-corrected chi connectivity index (χ1v) is 2.40. The molecule has 0 aromatic rings. The van der Waals surface area contributed by atoms with E-state index in [0.717, 1.165) is 0 Å². The minimum absolute atomic E-state index is 0.287. The lowest BCUT2D eigenvalue weighted by Gasteiger charge is -2.01. The van der Waals surface area contributed by atoms with Crippen molar-refractivity contribution in [1.29, 1.82) is 0 Å². The molecule has 3 heteroatoms. The number of aliphatic carboxylic acids is 1. The van der Waals surface area contributed by atoms with Crippen molar-refractivity contribution in [3.63, 3.8) is 0 Å². The van der Waals surface area contributed by atoms with Crippen molar-refractivity contribution in [2.45, 2.75) is 6.92 Å². The highest BCUT2D eigenvalue weighted by molar-refractivity contribution is 5.69. The molecule has 1 atom stereocenters. The number of carbonyl (C=O) groups is 1. The topological polar surface area (TPSA) is 46.5 Å². The molecule has 0 saturated carbocycles. The molecule has 0 bridgehead atoms. The largest absolute Gasteiger partial charge is 0.481 e. The first-order chi connectivity index (χ1) is 3.68. The van der Waals surface area contributed by atoms with E-state index in [0.29, 0.717) is 0 Å². The monoisotopic (exact) mass is 118 g/mol. The third-order valence-corrected chi connectivity index (χ3v) is 0.838. The maximum absolute atomic E-state index is 10.0. The van der Waals surface area contributed by atoms with E-state index in [4.69, 9.17) is 5.11 Å². The van der Waals surface area contributed by atoms with Gasteiger partial charge < -0.3 is 9.84 Å². The fraction of sp³-hybridized carbons (Fsp3) is 0.800. The fourth-order valence-electron chi connectivity index (χ4n) is 0.321. The van der Waals surface area contributed by atoms with Crippen molar-refractivity contribution in [3.05, 3.63) is 0 Å². The summed E-state index contributed by atoms with van der Waals surface area (Å²) in [6.45, 7) is 1.89. The zero-order valence-electron chi connectivity index (χ0n) is 5.05. The van der Waals surface area contributed by atoms with Crippen molar-refractivity contribution >= 4 is 5.97 Å². The zero-order valence-corrected chi connectivity index (χ0v) is 5.05. The number of ether oxygens (including phenoxy) is 1. The molecule has 0 unspecified atom stereocenters. The van der Waals surface area contributed by atoms with Crippen LogP contribution in [0.2, 0.25) is 0 Å². The average Bonchev–Trinajstić information content (AvgIpc) is 1.67. The van der Waals surface area contributed by atoms with Crippen molar-refractivity contribution in [2.75, 3.05) is 13.7 Å². The van der Waals surface area contributed by atoms with Crippen LogP contribution < -0.4 is 0 Å². The summed E-state index contributed by atoms with van der Waals surface area (Å²) in [5.74, 6) is -1.20. The Morgan fingerprint density at radius 1 is 1.88 bits per heavy atom. The molecule has 0 aromatic heterocycles. The number of hydrogen-bond donors (Lipinski definition) is 1. The minimum atomic E-state index is -0.813. The molecule has 0 aliphatic rings. The van der Waals surface area contributed by atoms with Crippen LogP contribution >= 0.6 is 0 Å². The summed E-state index contributed by atoms with van der Waals surface area (Å²) in [7, 11) is 1.49. The van der Waals surface area contributed by atoms with E-state index in [2.05, 4.69) is 4.74 Å². The molecule has 0 aliphatic heterocycles. The average molecular weight is 118 g/mol. The lowest BCUT2D eigenvalue weighted by molar-refractivity contribution is -0.142. The third kappa shape index (κ3) is 2.58. The van der Waals surface area contributed by atoms with Gasteiger partial charge >= 0.3 is 5.97 Å². The van der Waals surface area contributed by atoms with Crippen LogP contribution in [0.4, 0.5) is 0 Å². The van der Waals surface area contributed by atoms with Crippen LogP contribution in [0.15, 0.2) is 0 Å². The Hall–Kier alpha value is -0.570. The minimum Gasteiger partial charge on any atom is -0.481 e. The second kappa shape index (κ2) is 3.43. The van der Waals surface area contributed by atoms with E-state index in [1.54, 1.807) is 6.92 Å². The van der Waals surface area contributed by atoms with Gasteiger partial charge in [0.1, 0.15) is 0 Å². The Kier molecular flexibility index (Phi) is 3.19. The molecule has 1 N–H and O–H groups in total. The van der Waals surface area contributed by atoms with Crippen molar-refractivity contribution in [3.8, 4) is 0 Å². The molecule has 0 amide bonds. The maximum Gasteiger partial charge on any atom is 0.308 e. The van der Waals surface area contributed by atoms with Gasteiger partial charge in [-0.1, -0.05) is 0 Å². The smallest absolute Gasteiger partial charge is 0.308 e. The first kappa shape index (κ1) is 7.43. The zero-order chi connectivity index (χ0) is 6.57. The van der Waals surface area contributed by atoms with Crippen molar-refractivity contribution in [2.24, 2.45) is 5.92 Å². The SMILES string of the molecule is COC[C@H](C)C(=O)O. The molecular formula is C5H10O3. The number of hydrogen-bond acceptors (Lipinski definition) is 2. The lowest BCUT2D eigenvalue weighted by atomic mass is 10.2. The molecule has 0 rings (SSSR count). The van der Waals surface area contributed by atoms with Crippen LogP contribution in [0.3, 0.4) is 0 Å². The van der Waals surface area contributed by atoms with Gasteiger partial charge in [-0.15, -0.1) is 0 Å². The Balaban J connectivity index is 3.32. The van der Waals surface area contributed by atoms with Crippen molar-refractivity contribution in [1.82, 2.24) is 0 Å². The lowest BCUT2D eigenvalue weighted by Crippen LogP contribution is -2.14. The van der Waals surface area contributed by atoms with Gasteiger partial charge in [-0.05, 0) is 6.92 Å². The number of carboxylic acids is 1.